The fraction of sp³-hybridized carbons (Fsp3) is 0.556. The Balaban J connectivity index is 2.26. The molecule has 0 atom stereocenters. The fourth-order valence-electron chi connectivity index (χ4n) is 1.50. The number of aromatic nitrogens is 2. The van der Waals surface area contributed by atoms with Gasteiger partial charge in [0.25, 0.3) is 0 Å². The van der Waals surface area contributed by atoms with E-state index in [1.165, 1.54) is 13.4 Å². The maximum Gasteiger partial charge on any atom is 0.242 e. The smallest absolute Gasteiger partial charge is 0.242 e. The maximum absolute atomic E-state index is 5.85. The van der Waals surface area contributed by atoms with Crippen molar-refractivity contribution in [2.75, 3.05) is 31.1 Å². The van der Waals surface area contributed by atoms with E-state index in [0.29, 0.717) is 24.0 Å². The molecule has 0 radical (unpaired) electrons. The van der Waals surface area contributed by atoms with Crippen molar-refractivity contribution in [3.8, 4) is 5.88 Å². The average molecular weight is 210 g/mol. The molecule has 0 unspecified atom stereocenters. The lowest BCUT2D eigenvalue weighted by molar-refractivity contribution is 0.0763. The van der Waals surface area contributed by atoms with Crippen molar-refractivity contribution in [2.24, 2.45) is 0 Å². The molecule has 0 amide bonds. The molecule has 6 heteroatoms. The van der Waals surface area contributed by atoms with E-state index >= 15 is 0 Å². The molecule has 2 heterocycles. The molecule has 0 aliphatic carbocycles. The van der Waals surface area contributed by atoms with E-state index < -0.39 is 0 Å². The molecule has 0 saturated carbocycles. The van der Waals surface area contributed by atoms with E-state index in [9.17, 15) is 0 Å². The Hall–Kier alpha value is -1.56. The molecular formula is C9H14N4O2. The van der Waals surface area contributed by atoms with Gasteiger partial charge < -0.3 is 10.5 Å². The summed E-state index contributed by atoms with van der Waals surface area (Å²) in [7, 11) is 1.53. The predicted molar refractivity (Wildman–Crippen MR) is 55.5 cm³/mol. The summed E-state index contributed by atoms with van der Waals surface area (Å²) < 4.78 is 5.02. The van der Waals surface area contributed by atoms with Gasteiger partial charge in [-0.15, -0.1) is 0 Å². The minimum absolute atomic E-state index is 0.383. The lowest BCUT2D eigenvalue weighted by Gasteiger charge is -2.27. The molecule has 82 valence electrons. The highest BCUT2D eigenvalue weighted by molar-refractivity contribution is 5.66. The number of nitrogen functional groups attached to an aromatic ring is 1. The molecule has 0 bridgehead atoms. The number of hydroxylamine groups is 1. The van der Waals surface area contributed by atoms with Gasteiger partial charge in [0.2, 0.25) is 5.88 Å². The summed E-state index contributed by atoms with van der Waals surface area (Å²) in [6.45, 7) is 1.50. The molecule has 1 aliphatic rings. The summed E-state index contributed by atoms with van der Waals surface area (Å²) in [5.41, 5.74) is 6.27. The minimum atomic E-state index is 0.383. The van der Waals surface area contributed by atoms with Crippen LogP contribution in [0.25, 0.3) is 0 Å². The Kier molecular flexibility index (Phi) is 2.86. The first-order chi connectivity index (χ1) is 7.33. The summed E-state index contributed by atoms with van der Waals surface area (Å²) >= 11 is 0. The van der Waals surface area contributed by atoms with E-state index in [1.807, 2.05) is 0 Å². The van der Waals surface area contributed by atoms with Crippen molar-refractivity contribution in [1.29, 1.82) is 0 Å². The number of nitrogens with two attached hydrogens (primary N) is 1. The molecule has 1 saturated heterocycles. The Morgan fingerprint density at radius 3 is 3.00 bits per heavy atom. The van der Waals surface area contributed by atoms with Gasteiger partial charge in [0.1, 0.15) is 12.0 Å². The van der Waals surface area contributed by atoms with Crippen LogP contribution in [0.1, 0.15) is 12.8 Å². The van der Waals surface area contributed by atoms with Gasteiger partial charge in [0, 0.05) is 6.54 Å². The highest BCUT2D eigenvalue weighted by Crippen LogP contribution is 2.28. The number of rotatable bonds is 2. The number of nitrogens with zero attached hydrogens (tertiary/aromatic N) is 3. The number of anilines is 2. The number of hydrogen-bond acceptors (Lipinski definition) is 6. The third-order valence-electron chi connectivity index (χ3n) is 2.26. The van der Waals surface area contributed by atoms with E-state index in [1.54, 1.807) is 5.06 Å². The van der Waals surface area contributed by atoms with Crippen LogP contribution in [-0.2, 0) is 4.84 Å². The van der Waals surface area contributed by atoms with Crippen molar-refractivity contribution in [2.45, 2.75) is 12.8 Å². The average Bonchev–Trinajstić information content (AvgIpc) is 2.30. The van der Waals surface area contributed by atoms with Crippen molar-refractivity contribution < 1.29 is 9.57 Å². The van der Waals surface area contributed by atoms with Gasteiger partial charge in [-0.25, -0.2) is 10.0 Å². The predicted octanol–water partition coefficient (Wildman–Crippen LogP) is 0.599. The molecule has 0 aromatic carbocycles. The van der Waals surface area contributed by atoms with Crippen molar-refractivity contribution in [1.82, 2.24) is 9.97 Å². The highest BCUT2D eigenvalue weighted by atomic mass is 16.7. The monoisotopic (exact) mass is 210 g/mol. The standard InChI is InChI=1S/C9H14N4O2/c1-14-9-7(10)8(11-6-12-9)13-4-2-3-5-15-13/h6H,2-5,10H2,1H3. The SMILES string of the molecule is COc1ncnc(N2CCCCO2)c1N. The largest absolute Gasteiger partial charge is 0.479 e. The van der Waals surface area contributed by atoms with Gasteiger partial charge in [-0.3, -0.25) is 4.84 Å². The zero-order valence-corrected chi connectivity index (χ0v) is 8.64. The van der Waals surface area contributed by atoms with Gasteiger partial charge >= 0.3 is 0 Å². The zero-order chi connectivity index (χ0) is 10.7. The molecule has 2 N–H and O–H groups in total. The zero-order valence-electron chi connectivity index (χ0n) is 8.64. The van der Waals surface area contributed by atoms with Crippen LogP contribution in [0.2, 0.25) is 0 Å². The summed E-state index contributed by atoms with van der Waals surface area (Å²) in [6.07, 6.45) is 3.56. The highest BCUT2D eigenvalue weighted by Gasteiger charge is 2.18. The topological polar surface area (TPSA) is 73.5 Å². The molecule has 15 heavy (non-hydrogen) atoms. The van der Waals surface area contributed by atoms with Crippen LogP contribution in [-0.4, -0.2) is 30.2 Å². The Morgan fingerprint density at radius 1 is 1.47 bits per heavy atom. The molecule has 2 rings (SSSR count). The van der Waals surface area contributed by atoms with Crippen molar-refractivity contribution in [3.05, 3.63) is 6.33 Å². The lowest BCUT2D eigenvalue weighted by Crippen LogP contribution is -2.31. The fourth-order valence-corrected chi connectivity index (χ4v) is 1.50. The second-order valence-electron chi connectivity index (χ2n) is 3.26. The Labute approximate surface area is 88.0 Å². The molecular weight excluding hydrogens is 196 g/mol. The lowest BCUT2D eigenvalue weighted by atomic mass is 10.3. The minimum Gasteiger partial charge on any atom is -0.479 e. The molecule has 1 aromatic rings. The summed E-state index contributed by atoms with van der Waals surface area (Å²) in [6, 6.07) is 0. The van der Waals surface area contributed by atoms with Crippen LogP contribution in [0.15, 0.2) is 6.33 Å². The second-order valence-corrected chi connectivity index (χ2v) is 3.26. The molecule has 6 nitrogen and oxygen atoms in total. The molecule has 1 aromatic heterocycles. The van der Waals surface area contributed by atoms with E-state index in [2.05, 4.69) is 9.97 Å². The van der Waals surface area contributed by atoms with Gasteiger partial charge in [-0.1, -0.05) is 0 Å². The van der Waals surface area contributed by atoms with Gasteiger partial charge in [-0.2, -0.15) is 4.98 Å². The van der Waals surface area contributed by atoms with Crippen molar-refractivity contribution >= 4 is 11.5 Å². The van der Waals surface area contributed by atoms with Crippen LogP contribution >= 0.6 is 0 Å². The molecule has 0 spiro atoms. The molecule has 1 aliphatic heterocycles. The normalized spacial score (nSPS) is 16.5. The van der Waals surface area contributed by atoms with Gasteiger partial charge in [-0.05, 0) is 12.8 Å². The Bertz CT molecular complexity index is 339. The van der Waals surface area contributed by atoms with E-state index in [-0.39, 0.29) is 0 Å². The summed E-state index contributed by atoms with van der Waals surface area (Å²) in [5, 5.41) is 1.70. The number of ether oxygens (including phenoxy) is 1. The van der Waals surface area contributed by atoms with Crippen LogP contribution in [0.5, 0.6) is 5.88 Å². The second kappa shape index (κ2) is 4.31. The quantitative estimate of drug-likeness (QED) is 0.770. The van der Waals surface area contributed by atoms with Gasteiger partial charge in [0.15, 0.2) is 5.82 Å². The van der Waals surface area contributed by atoms with Crippen LogP contribution in [0, 0.1) is 0 Å². The first-order valence-electron chi connectivity index (χ1n) is 4.88. The third-order valence-corrected chi connectivity index (χ3v) is 2.26. The summed E-state index contributed by atoms with van der Waals surface area (Å²) in [4.78, 5) is 13.5. The first kappa shape index (κ1) is 9.97. The number of methoxy groups -OCH3 is 1. The van der Waals surface area contributed by atoms with Crippen molar-refractivity contribution in [3.63, 3.8) is 0 Å². The van der Waals surface area contributed by atoms with E-state index in [0.717, 1.165) is 19.4 Å². The Morgan fingerprint density at radius 2 is 2.33 bits per heavy atom. The summed E-state index contributed by atoms with van der Waals surface area (Å²) in [5.74, 6) is 0.968. The third kappa shape index (κ3) is 1.94. The van der Waals surface area contributed by atoms with Crippen LogP contribution in [0.3, 0.4) is 0 Å². The van der Waals surface area contributed by atoms with Gasteiger partial charge in [0.05, 0.1) is 13.7 Å². The van der Waals surface area contributed by atoms with E-state index in [4.69, 9.17) is 15.3 Å². The first-order valence-corrected chi connectivity index (χ1v) is 4.88. The van der Waals surface area contributed by atoms with Crippen LogP contribution < -0.4 is 15.5 Å². The van der Waals surface area contributed by atoms with Crippen LogP contribution in [0.4, 0.5) is 11.5 Å². The molecule has 1 fully saturated rings. The number of hydrogen-bond donors (Lipinski definition) is 1. The maximum atomic E-state index is 5.85.